The zero-order valence-corrected chi connectivity index (χ0v) is 10.1. The molecule has 1 amide bonds. The summed E-state index contributed by atoms with van der Waals surface area (Å²) in [6, 6.07) is 9.71. The number of amides is 1. The molecule has 1 saturated heterocycles. The Balaban J connectivity index is 1.91. The van der Waals surface area contributed by atoms with Gasteiger partial charge >= 0.3 is 0 Å². The Hall–Kier alpha value is -1.39. The molecule has 0 atom stereocenters. The van der Waals surface area contributed by atoms with Crippen LogP contribution < -0.4 is 4.90 Å². The topological polar surface area (TPSA) is 32.8 Å². The summed E-state index contributed by atoms with van der Waals surface area (Å²) in [6.07, 6.45) is 0. The number of ether oxygens (including phenoxy) is 1. The van der Waals surface area contributed by atoms with E-state index in [1.807, 2.05) is 37.4 Å². The Bertz CT molecular complexity index is 361. The van der Waals surface area contributed by atoms with Crippen LogP contribution in [0.15, 0.2) is 30.3 Å². The molecule has 1 aromatic carbocycles. The third-order valence-electron chi connectivity index (χ3n) is 2.98. The fraction of sp³-hybridized carbons (Fsp3) is 0.462. The van der Waals surface area contributed by atoms with E-state index >= 15 is 0 Å². The fourth-order valence-electron chi connectivity index (χ4n) is 1.85. The third kappa shape index (κ3) is 3.28. The first-order valence-corrected chi connectivity index (χ1v) is 5.89. The molecule has 4 nitrogen and oxygen atoms in total. The molecule has 0 N–H and O–H groups in total. The van der Waals surface area contributed by atoms with E-state index in [1.54, 1.807) is 4.90 Å². The maximum absolute atomic E-state index is 12.1. The van der Waals surface area contributed by atoms with Gasteiger partial charge in [0.1, 0.15) is 0 Å². The largest absolute Gasteiger partial charge is 0.379 e. The molecule has 1 heterocycles. The van der Waals surface area contributed by atoms with Crippen molar-refractivity contribution >= 4 is 11.6 Å². The minimum atomic E-state index is 0.123. The average Bonchev–Trinajstić information content (AvgIpc) is 2.40. The van der Waals surface area contributed by atoms with Crippen molar-refractivity contribution in [3.8, 4) is 0 Å². The van der Waals surface area contributed by atoms with E-state index < -0.39 is 0 Å². The van der Waals surface area contributed by atoms with Crippen LogP contribution in [-0.4, -0.2) is 50.7 Å². The molecular formula is C13H18N2O2. The number of anilines is 1. The van der Waals surface area contributed by atoms with Gasteiger partial charge in [-0.2, -0.15) is 0 Å². The summed E-state index contributed by atoms with van der Waals surface area (Å²) in [5.41, 5.74) is 0.936. The van der Waals surface area contributed by atoms with Crippen molar-refractivity contribution in [2.24, 2.45) is 0 Å². The predicted octanol–water partition coefficient (Wildman–Crippen LogP) is 0.982. The average molecular weight is 234 g/mol. The first-order valence-electron chi connectivity index (χ1n) is 5.89. The highest BCUT2D eigenvalue weighted by atomic mass is 16.5. The van der Waals surface area contributed by atoms with Crippen LogP contribution in [0.2, 0.25) is 0 Å². The van der Waals surface area contributed by atoms with Crippen molar-refractivity contribution in [2.75, 3.05) is 44.8 Å². The van der Waals surface area contributed by atoms with Gasteiger partial charge in [0.05, 0.1) is 19.8 Å². The van der Waals surface area contributed by atoms with Crippen molar-refractivity contribution in [3.63, 3.8) is 0 Å². The number of hydrogen-bond donors (Lipinski definition) is 0. The Kier molecular flexibility index (Phi) is 4.12. The van der Waals surface area contributed by atoms with Crippen LogP contribution in [0.5, 0.6) is 0 Å². The van der Waals surface area contributed by atoms with Crippen LogP contribution in [0.4, 0.5) is 5.69 Å². The van der Waals surface area contributed by atoms with E-state index in [1.165, 1.54) is 0 Å². The van der Waals surface area contributed by atoms with Crippen LogP contribution in [0.3, 0.4) is 0 Å². The predicted molar refractivity (Wildman–Crippen MR) is 67.1 cm³/mol. The van der Waals surface area contributed by atoms with E-state index in [0.717, 1.165) is 32.0 Å². The minimum absolute atomic E-state index is 0.123. The molecule has 0 aromatic heterocycles. The van der Waals surface area contributed by atoms with Gasteiger partial charge < -0.3 is 9.64 Å². The number of carbonyl (C=O) groups is 1. The summed E-state index contributed by atoms with van der Waals surface area (Å²) >= 11 is 0. The van der Waals surface area contributed by atoms with Crippen LogP contribution in [0, 0.1) is 0 Å². The van der Waals surface area contributed by atoms with Gasteiger partial charge in [0, 0.05) is 25.8 Å². The number of rotatable bonds is 3. The molecule has 92 valence electrons. The van der Waals surface area contributed by atoms with Gasteiger partial charge in [-0.1, -0.05) is 18.2 Å². The van der Waals surface area contributed by atoms with E-state index in [0.29, 0.717) is 6.54 Å². The second-order valence-electron chi connectivity index (χ2n) is 4.18. The monoisotopic (exact) mass is 234 g/mol. The zero-order chi connectivity index (χ0) is 12.1. The first kappa shape index (κ1) is 12.1. The summed E-state index contributed by atoms with van der Waals surface area (Å²) in [5.74, 6) is 0.123. The molecule has 2 rings (SSSR count). The van der Waals surface area contributed by atoms with Gasteiger partial charge in [0.25, 0.3) is 0 Å². The van der Waals surface area contributed by atoms with E-state index in [2.05, 4.69) is 4.90 Å². The molecule has 4 heteroatoms. The number of nitrogens with zero attached hydrogens (tertiary/aromatic N) is 2. The summed E-state index contributed by atoms with van der Waals surface area (Å²) in [4.78, 5) is 15.9. The molecule has 0 saturated carbocycles. The third-order valence-corrected chi connectivity index (χ3v) is 2.98. The molecule has 0 aliphatic carbocycles. The molecule has 0 radical (unpaired) electrons. The molecule has 1 aliphatic rings. The van der Waals surface area contributed by atoms with Crippen molar-refractivity contribution in [1.29, 1.82) is 0 Å². The SMILES string of the molecule is CN(C(=O)CN1CCOCC1)c1ccccc1. The molecule has 0 bridgehead atoms. The standard InChI is InChI=1S/C13H18N2O2/c1-14(12-5-3-2-4-6-12)13(16)11-15-7-9-17-10-8-15/h2-6H,7-11H2,1H3. The highest BCUT2D eigenvalue weighted by Crippen LogP contribution is 2.11. The Morgan fingerprint density at radius 3 is 2.59 bits per heavy atom. The number of benzene rings is 1. The first-order chi connectivity index (χ1) is 8.27. The number of para-hydroxylation sites is 1. The highest BCUT2D eigenvalue weighted by molar-refractivity contribution is 5.94. The lowest BCUT2D eigenvalue weighted by Gasteiger charge is -2.28. The summed E-state index contributed by atoms with van der Waals surface area (Å²) < 4.78 is 5.26. The molecule has 17 heavy (non-hydrogen) atoms. The van der Waals surface area contributed by atoms with Crippen molar-refractivity contribution in [1.82, 2.24) is 4.90 Å². The van der Waals surface area contributed by atoms with Gasteiger partial charge in [0.15, 0.2) is 0 Å². The van der Waals surface area contributed by atoms with Crippen LogP contribution in [0.1, 0.15) is 0 Å². The van der Waals surface area contributed by atoms with Gasteiger partial charge in [-0.25, -0.2) is 0 Å². The normalized spacial score (nSPS) is 16.8. The van der Waals surface area contributed by atoms with Gasteiger partial charge in [0.2, 0.25) is 5.91 Å². The number of carbonyl (C=O) groups excluding carboxylic acids is 1. The van der Waals surface area contributed by atoms with E-state index in [-0.39, 0.29) is 5.91 Å². The van der Waals surface area contributed by atoms with Gasteiger partial charge in [-0.15, -0.1) is 0 Å². The van der Waals surface area contributed by atoms with Gasteiger partial charge in [-0.05, 0) is 12.1 Å². The summed E-state index contributed by atoms with van der Waals surface area (Å²) in [6.45, 7) is 3.60. The highest BCUT2D eigenvalue weighted by Gasteiger charge is 2.17. The smallest absolute Gasteiger partial charge is 0.240 e. The summed E-state index contributed by atoms with van der Waals surface area (Å²) in [5, 5.41) is 0. The number of hydrogen-bond acceptors (Lipinski definition) is 3. The Morgan fingerprint density at radius 1 is 1.29 bits per heavy atom. The Labute approximate surface area is 102 Å². The molecule has 1 aromatic rings. The van der Waals surface area contributed by atoms with Crippen molar-refractivity contribution < 1.29 is 9.53 Å². The number of morpholine rings is 1. The Morgan fingerprint density at radius 2 is 1.94 bits per heavy atom. The minimum Gasteiger partial charge on any atom is -0.379 e. The molecule has 1 fully saturated rings. The van der Waals surface area contributed by atoms with Gasteiger partial charge in [-0.3, -0.25) is 9.69 Å². The fourth-order valence-corrected chi connectivity index (χ4v) is 1.85. The van der Waals surface area contributed by atoms with Crippen LogP contribution in [-0.2, 0) is 9.53 Å². The molecule has 0 spiro atoms. The van der Waals surface area contributed by atoms with Crippen LogP contribution in [0.25, 0.3) is 0 Å². The molecular weight excluding hydrogens is 216 g/mol. The van der Waals surface area contributed by atoms with E-state index in [9.17, 15) is 4.79 Å². The van der Waals surface area contributed by atoms with Crippen molar-refractivity contribution in [2.45, 2.75) is 0 Å². The maximum atomic E-state index is 12.1. The second kappa shape index (κ2) is 5.80. The second-order valence-corrected chi connectivity index (χ2v) is 4.18. The lowest BCUT2D eigenvalue weighted by atomic mass is 10.3. The zero-order valence-electron chi connectivity index (χ0n) is 10.1. The molecule has 1 aliphatic heterocycles. The van der Waals surface area contributed by atoms with Crippen LogP contribution >= 0.6 is 0 Å². The summed E-state index contributed by atoms with van der Waals surface area (Å²) in [7, 11) is 1.82. The lowest BCUT2D eigenvalue weighted by molar-refractivity contribution is -0.120. The molecule has 0 unspecified atom stereocenters. The maximum Gasteiger partial charge on any atom is 0.240 e. The lowest BCUT2D eigenvalue weighted by Crippen LogP contribution is -2.43. The quantitative estimate of drug-likeness (QED) is 0.781. The number of likely N-dealkylation sites (N-methyl/N-ethyl adjacent to an activating group) is 1. The van der Waals surface area contributed by atoms with E-state index in [4.69, 9.17) is 4.74 Å². The van der Waals surface area contributed by atoms with Crippen molar-refractivity contribution in [3.05, 3.63) is 30.3 Å².